The number of fused-ring (bicyclic) bond motifs is 1. The third-order valence-electron chi connectivity index (χ3n) is 5.99. The summed E-state index contributed by atoms with van der Waals surface area (Å²) in [4.78, 5) is 13.4. The van der Waals surface area contributed by atoms with Crippen LogP contribution in [0.4, 0.5) is 5.69 Å². The van der Waals surface area contributed by atoms with Gasteiger partial charge in [0.25, 0.3) is 0 Å². The smallest absolute Gasteiger partial charge is 0.0801 e. The van der Waals surface area contributed by atoms with Crippen molar-refractivity contribution in [1.82, 2.24) is 14.9 Å². The highest BCUT2D eigenvalue weighted by Gasteiger charge is 2.30. The standard InChI is InChI=1S/C25H26N4/c1-19-24(21-11-5-6-12-22(21)27-19)25(23-13-7-8-14-26-23)29-17-15-28(16-18-29)20-9-3-2-4-10-20/h2-14,25,27H,15-18H2,1H3/t25-/m1/s1. The van der Waals surface area contributed by atoms with Gasteiger partial charge < -0.3 is 9.88 Å². The van der Waals surface area contributed by atoms with Crippen molar-refractivity contribution in [2.24, 2.45) is 0 Å². The van der Waals surface area contributed by atoms with Crippen LogP contribution in [0.2, 0.25) is 0 Å². The number of aromatic amines is 1. The van der Waals surface area contributed by atoms with Gasteiger partial charge in [-0.05, 0) is 37.3 Å². The van der Waals surface area contributed by atoms with Crippen LogP contribution < -0.4 is 4.90 Å². The summed E-state index contributed by atoms with van der Waals surface area (Å²) in [5.74, 6) is 0. The van der Waals surface area contributed by atoms with Gasteiger partial charge in [0.2, 0.25) is 0 Å². The van der Waals surface area contributed by atoms with Crippen LogP contribution in [-0.2, 0) is 0 Å². The van der Waals surface area contributed by atoms with Crippen molar-refractivity contribution in [3.63, 3.8) is 0 Å². The first kappa shape index (κ1) is 18.0. The molecule has 0 amide bonds. The maximum atomic E-state index is 4.77. The highest BCUT2D eigenvalue weighted by Crippen LogP contribution is 2.36. The van der Waals surface area contributed by atoms with Gasteiger partial charge in [-0.2, -0.15) is 0 Å². The first-order chi connectivity index (χ1) is 14.3. The molecule has 3 heterocycles. The van der Waals surface area contributed by atoms with Gasteiger partial charge in [-0.25, -0.2) is 0 Å². The van der Waals surface area contributed by atoms with Crippen molar-refractivity contribution in [3.8, 4) is 0 Å². The fraction of sp³-hybridized carbons (Fsp3) is 0.240. The molecule has 0 bridgehead atoms. The lowest BCUT2D eigenvalue weighted by Gasteiger charge is -2.40. The Hall–Kier alpha value is -3.11. The molecule has 0 radical (unpaired) electrons. The first-order valence-corrected chi connectivity index (χ1v) is 10.3. The summed E-state index contributed by atoms with van der Waals surface area (Å²) in [6, 6.07) is 25.7. The lowest BCUT2D eigenvalue weighted by molar-refractivity contribution is 0.209. The number of para-hydroxylation sites is 2. The zero-order valence-electron chi connectivity index (χ0n) is 16.8. The summed E-state index contributed by atoms with van der Waals surface area (Å²) in [7, 11) is 0. The summed E-state index contributed by atoms with van der Waals surface area (Å²) >= 11 is 0. The Morgan fingerprint density at radius 2 is 1.55 bits per heavy atom. The lowest BCUT2D eigenvalue weighted by Crippen LogP contribution is -2.48. The topological polar surface area (TPSA) is 35.2 Å². The molecular weight excluding hydrogens is 356 g/mol. The molecule has 1 aliphatic heterocycles. The molecule has 1 N–H and O–H groups in total. The van der Waals surface area contributed by atoms with Crippen molar-refractivity contribution in [2.75, 3.05) is 31.1 Å². The molecule has 0 aliphatic carbocycles. The number of hydrogen-bond acceptors (Lipinski definition) is 3. The number of benzene rings is 2. The molecule has 0 spiro atoms. The summed E-state index contributed by atoms with van der Waals surface area (Å²) in [6.07, 6.45) is 1.91. The third kappa shape index (κ3) is 3.40. The summed E-state index contributed by atoms with van der Waals surface area (Å²) in [5, 5.41) is 1.30. The molecule has 2 aromatic carbocycles. The van der Waals surface area contributed by atoms with E-state index in [1.54, 1.807) is 0 Å². The Kier molecular flexibility index (Phi) is 4.78. The van der Waals surface area contributed by atoms with E-state index in [0.717, 1.165) is 31.9 Å². The van der Waals surface area contributed by atoms with Gasteiger partial charge in [0.05, 0.1) is 11.7 Å². The second-order valence-electron chi connectivity index (χ2n) is 7.72. The number of aromatic nitrogens is 2. The Morgan fingerprint density at radius 3 is 2.31 bits per heavy atom. The van der Waals surface area contributed by atoms with Crippen LogP contribution >= 0.6 is 0 Å². The molecule has 4 nitrogen and oxygen atoms in total. The van der Waals surface area contributed by atoms with Gasteiger partial charge in [-0.3, -0.25) is 9.88 Å². The van der Waals surface area contributed by atoms with E-state index in [9.17, 15) is 0 Å². The predicted molar refractivity (Wildman–Crippen MR) is 119 cm³/mol. The van der Waals surface area contributed by atoms with E-state index >= 15 is 0 Å². The van der Waals surface area contributed by atoms with Crippen LogP contribution in [0, 0.1) is 6.92 Å². The van der Waals surface area contributed by atoms with Gasteiger partial charge in [0.15, 0.2) is 0 Å². The Morgan fingerprint density at radius 1 is 0.828 bits per heavy atom. The number of anilines is 1. The minimum Gasteiger partial charge on any atom is -0.369 e. The Balaban J connectivity index is 1.50. The minimum absolute atomic E-state index is 0.158. The van der Waals surface area contributed by atoms with E-state index in [1.165, 1.54) is 27.8 Å². The van der Waals surface area contributed by atoms with Crippen LogP contribution in [0.1, 0.15) is 23.0 Å². The SMILES string of the molecule is Cc1[nH]c2ccccc2c1[C@@H](c1ccccn1)N1CCN(c2ccccc2)CC1. The van der Waals surface area contributed by atoms with Gasteiger partial charge in [0.1, 0.15) is 0 Å². The maximum absolute atomic E-state index is 4.77. The van der Waals surface area contributed by atoms with Crippen molar-refractivity contribution in [2.45, 2.75) is 13.0 Å². The number of rotatable bonds is 4. The van der Waals surface area contributed by atoms with Crippen LogP contribution in [0.25, 0.3) is 10.9 Å². The predicted octanol–water partition coefficient (Wildman–Crippen LogP) is 4.78. The van der Waals surface area contributed by atoms with Crippen LogP contribution in [0.5, 0.6) is 0 Å². The number of nitrogens with zero attached hydrogens (tertiary/aromatic N) is 3. The molecule has 29 heavy (non-hydrogen) atoms. The number of hydrogen-bond donors (Lipinski definition) is 1. The van der Waals surface area contributed by atoms with Crippen molar-refractivity contribution in [1.29, 1.82) is 0 Å². The molecule has 1 aliphatic rings. The molecule has 146 valence electrons. The normalized spacial score (nSPS) is 16.2. The number of pyridine rings is 1. The third-order valence-corrected chi connectivity index (χ3v) is 5.99. The fourth-order valence-electron chi connectivity index (χ4n) is 4.58. The van der Waals surface area contributed by atoms with E-state index in [2.05, 4.69) is 88.4 Å². The number of piperazine rings is 1. The van der Waals surface area contributed by atoms with Crippen LogP contribution in [-0.4, -0.2) is 41.0 Å². The molecule has 0 saturated carbocycles. The maximum Gasteiger partial charge on any atom is 0.0801 e. The Labute approximate surface area is 171 Å². The summed E-state index contributed by atoms with van der Waals surface area (Å²) < 4.78 is 0. The highest BCUT2D eigenvalue weighted by molar-refractivity contribution is 5.85. The number of aryl methyl sites for hydroxylation is 1. The van der Waals surface area contributed by atoms with Gasteiger partial charge in [-0.15, -0.1) is 0 Å². The molecule has 5 rings (SSSR count). The first-order valence-electron chi connectivity index (χ1n) is 10.3. The molecule has 4 aromatic rings. The number of H-pyrrole nitrogens is 1. The van der Waals surface area contributed by atoms with Crippen molar-refractivity contribution < 1.29 is 0 Å². The average molecular weight is 383 g/mol. The van der Waals surface area contributed by atoms with E-state index in [0.29, 0.717) is 0 Å². The molecular formula is C25H26N4. The summed E-state index contributed by atoms with van der Waals surface area (Å²) in [6.45, 7) is 6.25. The lowest BCUT2D eigenvalue weighted by atomic mass is 9.97. The van der Waals surface area contributed by atoms with Gasteiger partial charge in [0, 0.05) is 60.2 Å². The average Bonchev–Trinajstić information content (AvgIpc) is 3.12. The zero-order valence-corrected chi connectivity index (χ0v) is 16.8. The molecule has 4 heteroatoms. The monoisotopic (exact) mass is 382 g/mol. The van der Waals surface area contributed by atoms with E-state index in [1.807, 2.05) is 12.3 Å². The minimum atomic E-state index is 0.158. The van der Waals surface area contributed by atoms with Crippen molar-refractivity contribution in [3.05, 3.63) is 95.9 Å². The second kappa shape index (κ2) is 7.72. The number of nitrogens with one attached hydrogen (secondary N) is 1. The van der Waals surface area contributed by atoms with Gasteiger partial charge >= 0.3 is 0 Å². The summed E-state index contributed by atoms with van der Waals surface area (Å²) in [5.41, 5.74) is 6.21. The van der Waals surface area contributed by atoms with Crippen LogP contribution in [0.3, 0.4) is 0 Å². The second-order valence-corrected chi connectivity index (χ2v) is 7.72. The largest absolute Gasteiger partial charge is 0.369 e. The highest BCUT2D eigenvalue weighted by atomic mass is 15.3. The van der Waals surface area contributed by atoms with Gasteiger partial charge in [-0.1, -0.05) is 42.5 Å². The zero-order chi connectivity index (χ0) is 19.6. The molecule has 1 fully saturated rings. The van der Waals surface area contributed by atoms with E-state index < -0.39 is 0 Å². The fourth-order valence-corrected chi connectivity index (χ4v) is 4.58. The quantitative estimate of drug-likeness (QED) is 0.551. The van der Waals surface area contributed by atoms with E-state index in [-0.39, 0.29) is 6.04 Å². The van der Waals surface area contributed by atoms with Crippen LogP contribution in [0.15, 0.2) is 79.0 Å². The Bertz CT molecular complexity index is 1080. The van der Waals surface area contributed by atoms with Crippen molar-refractivity contribution >= 4 is 16.6 Å². The molecule has 1 saturated heterocycles. The molecule has 0 unspecified atom stereocenters. The molecule has 1 atom stereocenters. The van der Waals surface area contributed by atoms with E-state index in [4.69, 9.17) is 4.98 Å². The molecule has 2 aromatic heterocycles.